The van der Waals surface area contributed by atoms with Crippen molar-refractivity contribution in [1.29, 1.82) is 5.26 Å². The van der Waals surface area contributed by atoms with E-state index in [4.69, 9.17) is 10.00 Å². The van der Waals surface area contributed by atoms with Crippen LogP contribution in [0.4, 0.5) is 0 Å². The largest absolute Gasteiger partial charge is 0.381 e. The van der Waals surface area contributed by atoms with Gasteiger partial charge >= 0.3 is 0 Å². The molecule has 0 aromatic heterocycles. The van der Waals surface area contributed by atoms with Gasteiger partial charge in [0.2, 0.25) is 0 Å². The Bertz CT molecular complexity index is 145. The molecule has 0 atom stereocenters. The first-order valence-corrected chi connectivity index (χ1v) is 3.99. The van der Waals surface area contributed by atoms with Gasteiger partial charge < -0.3 is 4.74 Å². The van der Waals surface area contributed by atoms with Crippen molar-refractivity contribution in [3.63, 3.8) is 0 Å². The maximum atomic E-state index is 8.42. The third-order valence-electron chi connectivity index (χ3n) is 2.16. The van der Waals surface area contributed by atoms with Crippen LogP contribution in [0.3, 0.4) is 0 Å². The summed E-state index contributed by atoms with van der Waals surface area (Å²) in [6, 6.07) is 2.16. The lowest BCUT2D eigenvalue weighted by Gasteiger charge is -2.29. The number of rotatable bonds is 2. The number of piperidine rings is 1. The standard InChI is InChI=1S/C8H14N2O/c1-11-8-2-5-10(6-3-8)7-4-9/h8H,2-3,5-7H2,1H3. The minimum Gasteiger partial charge on any atom is -0.381 e. The van der Waals surface area contributed by atoms with Gasteiger partial charge in [0.05, 0.1) is 18.7 Å². The fourth-order valence-electron chi connectivity index (χ4n) is 1.40. The SMILES string of the molecule is COC1CCN(CC#N)CC1. The second-order valence-electron chi connectivity index (χ2n) is 2.87. The van der Waals surface area contributed by atoms with Crippen molar-refractivity contribution in [3.05, 3.63) is 0 Å². The molecule has 0 bridgehead atoms. The molecule has 1 saturated heterocycles. The number of likely N-dealkylation sites (tertiary alicyclic amines) is 1. The molecule has 0 amide bonds. The predicted octanol–water partition coefficient (Wildman–Crippen LogP) is 0.621. The second kappa shape index (κ2) is 4.32. The van der Waals surface area contributed by atoms with Crippen molar-refractivity contribution >= 4 is 0 Å². The van der Waals surface area contributed by atoms with Gasteiger partial charge in [0, 0.05) is 20.2 Å². The minimum atomic E-state index is 0.421. The highest BCUT2D eigenvalue weighted by Gasteiger charge is 2.17. The number of nitrogens with zero attached hydrogens (tertiary/aromatic N) is 2. The van der Waals surface area contributed by atoms with Crippen LogP contribution in [-0.4, -0.2) is 37.7 Å². The van der Waals surface area contributed by atoms with E-state index in [1.165, 1.54) is 0 Å². The summed E-state index contributed by atoms with van der Waals surface area (Å²) >= 11 is 0. The molecule has 0 aliphatic carbocycles. The molecule has 62 valence electrons. The molecule has 0 saturated carbocycles. The molecule has 1 heterocycles. The van der Waals surface area contributed by atoms with Crippen LogP contribution >= 0.6 is 0 Å². The molecule has 11 heavy (non-hydrogen) atoms. The summed E-state index contributed by atoms with van der Waals surface area (Å²) in [5.74, 6) is 0. The van der Waals surface area contributed by atoms with Gasteiger partial charge in [-0.05, 0) is 12.8 Å². The summed E-state index contributed by atoms with van der Waals surface area (Å²) in [6.07, 6.45) is 2.56. The van der Waals surface area contributed by atoms with Gasteiger partial charge in [-0.3, -0.25) is 4.90 Å². The molecular weight excluding hydrogens is 140 g/mol. The second-order valence-corrected chi connectivity index (χ2v) is 2.87. The van der Waals surface area contributed by atoms with E-state index < -0.39 is 0 Å². The third kappa shape index (κ3) is 2.49. The molecule has 1 rings (SSSR count). The van der Waals surface area contributed by atoms with Crippen LogP contribution in [0.5, 0.6) is 0 Å². The number of hydrogen-bond acceptors (Lipinski definition) is 3. The first-order chi connectivity index (χ1) is 5.36. The molecular formula is C8H14N2O. The molecule has 0 aromatic rings. The normalized spacial score (nSPS) is 21.5. The van der Waals surface area contributed by atoms with E-state index in [1.54, 1.807) is 7.11 Å². The molecule has 0 unspecified atom stereocenters. The van der Waals surface area contributed by atoms with Crippen molar-refractivity contribution in [2.75, 3.05) is 26.7 Å². The Morgan fingerprint density at radius 3 is 2.64 bits per heavy atom. The zero-order valence-electron chi connectivity index (χ0n) is 6.92. The first-order valence-electron chi connectivity index (χ1n) is 3.99. The number of methoxy groups -OCH3 is 1. The summed E-state index contributed by atoms with van der Waals surface area (Å²) in [5.41, 5.74) is 0. The van der Waals surface area contributed by atoms with Gasteiger partial charge in [0.1, 0.15) is 0 Å². The van der Waals surface area contributed by atoms with Crippen LogP contribution in [0, 0.1) is 11.3 Å². The molecule has 1 aliphatic rings. The number of ether oxygens (including phenoxy) is 1. The van der Waals surface area contributed by atoms with E-state index in [2.05, 4.69) is 11.0 Å². The van der Waals surface area contributed by atoms with Crippen molar-refractivity contribution in [2.24, 2.45) is 0 Å². The highest BCUT2D eigenvalue weighted by molar-refractivity contribution is 4.80. The fourth-order valence-corrected chi connectivity index (χ4v) is 1.40. The Kier molecular flexibility index (Phi) is 3.34. The van der Waals surface area contributed by atoms with Gasteiger partial charge in [0.15, 0.2) is 0 Å². The van der Waals surface area contributed by atoms with E-state index >= 15 is 0 Å². The molecule has 0 N–H and O–H groups in total. The molecule has 1 fully saturated rings. The average Bonchev–Trinajstić information content (AvgIpc) is 2.07. The van der Waals surface area contributed by atoms with Crippen LogP contribution in [0.2, 0.25) is 0 Å². The zero-order valence-corrected chi connectivity index (χ0v) is 6.92. The topological polar surface area (TPSA) is 36.3 Å². The van der Waals surface area contributed by atoms with Gasteiger partial charge in [0.25, 0.3) is 0 Å². The fraction of sp³-hybridized carbons (Fsp3) is 0.875. The lowest BCUT2D eigenvalue weighted by Crippen LogP contribution is -2.36. The van der Waals surface area contributed by atoms with Crippen LogP contribution in [0.25, 0.3) is 0 Å². The molecule has 3 heteroatoms. The van der Waals surface area contributed by atoms with Crippen LogP contribution in [0.1, 0.15) is 12.8 Å². The van der Waals surface area contributed by atoms with Crippen LogP contribution in [0.15, 0.2) is 0 Å². The third-order valence-corrected chi connectivity index (χ3v) is 2.16. The minimum absolute atomic E-state index is 0.421. The van der Waals surface area contributed by atoms with Gasteiger partial charge in [-0.15, -0.1) is 0 Å². The van der Waals surface area contributed by atoms with E-state index in [-0.39, 0.29) is 0 Å². The van der Waals surface area contributed by atoms with Crippen LogP contribution in [-0.2, 0) is 4.74 Å². The molecule has 0 aromatic carbocycles. The Morgan fingerprint density at radius 1 is 1.55 bits per heavy atom. The zero-order chi connectivity index (χ0) is 8.10. The lowest BCUT2D eigenvalue weighted by molar-refractivity contribution is 0.0449. The lowest BCUT2D eigenvalue weighted by atomic mass is 10.1. The summed E-state index contributed by atoms with van der Waals surface area (Å²) in [4.78, 5) is 2.16. The van der Waals surface area contributed by atoms with Gasteiger partial charge in [-0.1, -0.05) is 0 Å². The summed E-state index contributed by atoms with van der Waals surface area (Å²) in [6.45, 7) is 2.58. The Balaban J connectivity index is 2.20. The Morgan fingerprint density at radius 2 is 2.18 bits per heavy atom. The maximum Gasteiger partial charge on any atom is 0.0866 e. The number of hydrogen-bond donors (Lipinski definition) is 0. The highest BCUT2D eigenvalue weighted by atomic mass is 16.5. The van der Waals surface area contributed by atoms with Crippen LogP contribution < -0.4 is 0 Å². The quantitative estimate of drug-likeness (QED) is 0.547. The van der Waals surface area contributed by atoms with Crippen molar-refractivity contribution in [1.82, 2.24) is 4.90 Å². The van der Waals surface area contributed by atoms with Crippen molar-refractivity contribution in [2.45, 2.75) is 18.9 Å². The summed E-state index contributed by atoms with van der Waals surface area (Å²) < 4.78 is 5.21. The molecule has 3 nitrogen and oxygen atoms in total. The Labute approximate surface area is 67.6 Å². The van der Waals surface area contributed by atoms with E-state index in [0.717, 1.165) is 25.9 Å². The first kappa shape index (κ1) is 8.51. The molecule has 0 spiro atoms. The average molecular weight is 154 g/mol. The van der Waals surface area contributed by atoms with E-state index in [9.17, 15) is 0 Å². The van der Waals surface area contributed by atoms with Gasteiger partial charge in [-0.2, -0.15) is 5.26 Å². The summed E-state index contributed by atoms with van der Waals surface area (Å²) in [7, 11) is 1.75. The summed E-state index contributed by atoms with van der Waals surface area (Å²) in [5, 5.41) is 8.42. The number of nitriles is 1. The van der Waals surface area contributed by atoms with Gasteiger partial charge in [-0.25, -0.2) is 0 Å². The predicted molar refractivity (Wildman–Crippen MR) is 42.1 cm³/mol. The van der Waals surface area contributed by atoms with Crippen molar-refractivity contribution < 1.29 is 4.74 Å². The Hall–Kier alpha value is -0.590. The van der Waals surface area contributed by atoms with E-state index in [0.29, 0.717) is 12.6 Å². The molecule has 0 radical (unpaired) electrons. The monoisotopic (exact) mass is 154 g/mol. The van der Waals surface area contributed by atoms with E-state index in [1.807, 2.05) is 0 Å². The molecule has 1 aliphatic heterocycles. The smallest absolute Gasteiger partial charge is 0.0866 e. The maximum absolute atomic E-state index is 8.42. The highest BCUT2D eigenvalue weighted by Crippen LogP contribution is 2.11. The van der Waals surface area contributed by atoms with Crippen molar-refractivity contribution in [3.8, 4) is 6.07 Å².